The lowest BCUT2D eigenvalue weighted by molar-refractivity contribution is 0.111. The fourth-order valence-corrected chi connectivity index (χ4v) is 0.858. The van der Waals surface area contributed by atoms with Gasteiger partial charge in [0.05, 0.1) is 4.90 Å². The van der Waals surface area contributed by atoms with E-state index in [1.807, 2.05) is 0 Å². The van der Waals surface area contributed by atoms with Crippen LogP contribution in [-0.4, -0.2) is 6.29 Å². The number of rotatable bonds is 1. The highest BCUT2D eigenvalue weighted by Crippen LogP contribution is 2.17. The summed E-state index contributed by atoms with van der Waals surface area (Å²) in [5.74, 6) is -1.60. The topological polar surface area (TPSA) is 17.1 Å². The lowest BCUT2D eigenvalue weighted by Gasteiger charge is -1.97. The first-order valence-corrected chi connectivity index (χ1v) is 3.23. The van der Waals surface area contributed by atoms with Gasteiger partial charge in [-0.05, 0) is 6.07 Å². The van der Waals surface area contributed by atoms with E-state index in [9.17, 15) is 13.6 Å². The Labute approximate surface area is 67.4 Å². The van der Waals surface area contributed by atoms with Gasteiger partial charge in [0.1, 0.15) is 11.6 Å². The van der Waals surface area contributed by atoms with E-state index in [2.05, 4.69) is 12.6 Å². The van der Waals surface area contributed by atoms with Gasteiger partial charge in [0.15, 0.2) is 6.29 Å². The van der Waals surface area contributed by atoms with Gasteiger partial charge in [-0.2, -0.15) is 0 Å². The van der Waals surface area contributed by atoms with Crippen molar-refractivity contribution in [2.45, 2.75) is 4.90 Å². The van der Waals surface area contributed by atoms with Crippen LogP contribution in [0.5, 0.6) is 0 Å². The van der Waals surface area contributed by atoms with Crippen LogP contribution in [0.1, 0.15) is 10.4 Å². The summed E-state index contributed by atoms with van der Waals surface area (Å²) in [7, 11) is 0. The summed E-state index contributed by atoms with van der Waals surface area (Å²) >= 11 is 3.67. The number of hydrogen-bond donors (Lipinski definition) is 1. The van der Waals surface area contributed by atoms with Crippen molar-refractivity contribution in [2.24, 2.45) is 0 Å². The Kier molecular flexibility index (Phi) is 2.24. The third-order valence-corrected chi connectivity index (χ3v) is 1.66. The molecule has 0 N–H and O–H groups in total. The van der Waals surface area contributed by atoms with Crippen LogP contribution < -0.4 is 0 Å². The Morgan fingerprint density at radius 2 is 2.00 bits per heavy atom. The highest BCUT2D eigenvalue weighted by atomic mass is 32.1. The highest BCUT2D eigenvalue weighted by Gasteiger charge is 2.06. The van der Waals surface area contributed by atoms with Crippen LogP contribution in [0.3, 0.4) is 0 Å². The third kappa shape index (κ3) is 1.57. The average molecular weight is 174 g/mol. The summed E-state index contributed by atoms with van der Waals surface area (Å²) in [6.45, 7) is 0. The standard InChI is InChI=1S/C7H4F2OS/c8-5-1-4(3-10)7(11)6(9)2-5/h1-3,11H. The molecule has 58 valence electrons. The van der Waals surface area contributed by atoms with Crippen LogP contribution in [0.4, 0.5) is 8.78 Å². The minimum atomic E-state index is -0.824. The van der Waals surface area contributed by atoms with Crippen molar-refractivity contribution >= 4 is 18.9 Å². The minimum absolute atomic E-state index is 0.0779. The molecule has 11 heavy (non-hydrogen) atoms. The molecule has 0 saturated carbocycles. The van der Waals surface area contributed by atoms with E-state index in [0.717, 1.165) is 6.07 Å². The van der Waals surface area contributed by atoms with Gasteiger partial charge in [-0.25, -0.2) is 8.78 Å². The Hall–Kier alpha value is -0.900. The summed E-state index contributed by atoms with van der Waals surface area (Å²) in [5, 5.41) is 0. The fourth-order valence-electron chi connectivity index (χ4n) is 0.676. The maximum Gasteiger partial charge on any atom is 0.151 e. The number of benzene rings is 1. The molecular weight excluding hydrogens is 170 g/mol. The van der Waals surface area contributed by atoms with Crippen LogP contribution >= 0.6 is 12.6 Å². The van der Waals surface area contributed by atoms with Crippen molar-refractivity contribution in [2.75, 3.05) is 0 Å². The van der Waals surface area contributed by atoms with Crippen molar-refractivity contribution in [3.63, 3.8) is 0 Å². The first kappa shape index (κ1) is 8.20. The zero-order valence-corrected chi connectivity index (χ0v) is 6.24. The van der Waals surface area contributed by atoms with Crippen molar-refractivity contribution in [3.05, 3.63) is 29.3 Å². The van der Waals surface area contributed by atoms with Gasteiger partial charge in [0, 0.05) is 11.6 Å². The first-order chi connectivity index (χ1) is 5.15. The lowest BCUT2D eigenvalue weighted by Crippen LogP contribution is -1.89. The number of aldehydes is 1. The predicted molar refractivity (Wildman–Crippen MR) is 39.0 cm³/mol. The van der Waals surface area contributed by atoms with Crippen molar-refractivity contribution in [1.29, 1.82) is 0 Å². The molecule has 0 spiro atoms. The molecule has 0 bridgehead atoms. The molecule has 0 unspecified atom stereocenters. The summed E-state index contributed by atoms with van der Waals surface area (Å²) in [6, 6.07) is 1.60. The van der Waals surface area contributed by atoms with E-state index in [0.29, 0.717) is 12.4 Å². The lowest BCUT2D eigenvalue weighted by atomic mass is 10.2. The fraction of sp³-hybridized carbons (Fsp3) is 0. The van der Waals surface area contributed by atoms with Crippen LogP contribution in [0.2, 0.25) is 0 Å². The summed E-state index contributed by atoms with van der Waals surface area (Å²) < 4.78 is 24.9. The molecule has 0 amide bonds. The molecule has 0 fully saturated rings. The third-order valence-electron chi connectivity index (χ3n) is 1.18. The monoisotopic (exact) mass is 174 g/mol. The largest absolute Gasteiger partial charge is 0.298 e. The van der Waals surface area contributed by atoms with Gasteiger partial charge in [0.25, 0.3) is 0 Å². The quantitative estimate of drug-likeness (QED) is 0.509. The Balaban J connectivity index is 3.35. The van der Waals surface area contributed by atoms with Crippen LogP contribution in [0, 0.1) is 11.6 Å². The van der Waals surface area contributed by atoms with Gasteiger partial charge in [-0.15, -0.1) is 12.6 Å². The molecule has 0 heterocycles. The molecule has 1 rings (SSSR count). The molecule has 0 aliphatic rings. The average Bonchev–Trinajstić information content (AvgIpc) is 1.96. The molecular formula is C7H4F2OS. The number of halogens is 2. The zero-order chi connectivity index (χ0) is 8.43. The molecule has 0 aliphatic carbocycles. The molecule has 0 radical (unpaired) electrons. The first-order valence-electron chi connectivity index (χ1n) is 2.78. The second-order valence-corrected chi connectivity index (χ2v) is 2.39. The molecule has 1 aromatic rings. The van der Waals surface area contributed by atoms with E-state index in [4.69, 9.17) is 0 Å². The molecule has 0 atom stereocenters. The SMILES string of the molecule is O=Cc1cc(F)cc(F)c1S. The maximum absolute atomic E-state index is 12.6. The smallest absolute Gasteiger partial charge is 0.151 e. The second-order valence-electron chi connectivity index (χ2n) is 1.94. The highest BCUT2D eigenvalue weighted by molar-refractivity contribution is 7.80. The normalized spacial score (nSPS) is 9.73. The molecule has 4 heteroatoms. The Morgan fingerprint density at radius 3 is 2.55 bits per heavy atom. The van der Waals surface area contributed by atoms with Crippen LogP contribution in [0.15, 0.2) is 17.0 Å². The Morgan fingerprint density at radius 1 is 1.36 bits per heavy atom. The van der Waals surface area contributed by atoms with Crippen molar-refractivity contribution in [3.8, 4) is 0 Å². The second kappa shape index (κ2) is 3.00. The molecule has 0 aromatic heterocycles. The van der Waals surface area contributed by atoms with Crippen LogP contribution in [-0.2, 0) is 0 Å². The Bertz CT molecular complexity index is 299. The molecule has 0 aliphatic heterocycles. The molecule has 1 nitrogen and oxygen atoms in total. The van der Waals surface area contributed by atoms with E-state index < -0.39 is 11.6 Å². The molecule has 0 saturated heterocycles. The maximum atomic E-state index is 12.6. The zero-order valence-electron chi connectivity index (χ0n) is 5.34. The van der Waals surface area contributed by atoms with Gasteiger partial charge in [0.2, 0.25) is 0 Å². The van der Waals surface area contributed by atoms with E-state index in [-0.39, 0.29) is 10.5 Å². The summed E-state index contributed by atoms with van der Waals surface area (Å²) in [4.78, 5) is 10.0. The van der Waals surface area contributed by atoms with Crippen LogP contribution in [0.25, 0.3) is 0 Å². The van der Waals surface area contributed by atoms with Crippen molar-refractivity contribution in [1.82, 2.24) is 0 Å². The number of hydrogen-bond acceptors (Lipinski definition) is 2. The van der Waals surface area contributed by atoms with E-state index in [1.54, 1.807) is 0 Å². The van der Waals surface area contributed by atoms with Gasteiger partial charge in [-0.1, -0.05) is 0 Å². The van der Waals surface area contributed by atoms with E-state index in [1.165, 1.54) is 0 Å². The number of carbonyl (C=O) groups is 1. The molecule has 1 aromatic carbocycles. The van der Waals surface area contributed by atoms with Crippen molar-refractivity contribution < 1.29 is 13.6 Å². The van der Waals surface area contributed by atoms with E-state index >= 15 is 0 Å². The number of thiol groups is 1. The predicted octanol–water partition coefficient (Wildman–Crippen LogP) is 2.07. The van der Waals surface area contributed by atoms with Gasteiger partial charge >= 0.3 is 0 Å². The van der Waals surface area contributed by atoms with Gasteiger partial charge < -0.3 is 0 Å². The summed E-state index contributed by atoms with van der Waals surface area (Å²) in [6.07, 6.45) is 0.356. The van der Waals surface area contributed by atoms with Gasteiger partial charge in [-0.3, -0.25) is 4.79 Å². The number of carbonyl (C=O) groups excluding carboxylic acids is 1. The summed E-state index contributed by atoms with van der Waals surface area (Å²) in [5.41, 5.74) is -0.0779. The minimum Gasteiger partial charge on any atom is -0.298 e.